The molecular weight excluding hydrogens is 322 g/mol. The first-order chi connectivity index (χ1) is 12.2. The fraction of sp³-hybridized carbons (Fsp3) is 0.824. The Labute approximate surface area is 149 Å². The fourth-order valence-corrected chi connectivity index (χ4v) is 3.62. The van der Waals surface area contributed by atoms with Crippen LogP contribution in [0.5, 0.6) is 0 Å². The Bertz CT molecular complexity index is 564. The zero-order chi connectivity index (χ0) is 17.6. The molecule has 2 aliphatic rings. The normalized spacial score (nSPS) is 23.1. The number of rotatable bonds is 6. The van der Waals surface area contributed by atoms with Crippen LogP contribution in [0.3, 0.4) is 0 Å². The molecule has 8 heteroatoms. The number of carbonyl (C=O) groups excluding carboxylic acids is 1. The predicted molar refractivity (Wildman–Crippen MR) is 92.0 cm³/mol. The van der Waals surface area contributed by atoms with E-state index in [1.54, 1.807) is 7.11 Å². The van der Waals surface area contributed by atoms with Crippen LogP contribution < -0.4 is 0 Å². The summed E-state index contributed by atoms with van der Waals surface area (Å²) in [5.41, 5.74) is 0. The zero-order valence-corrected chi connectivity index (χ0v) is 15.3. The lowest BCUT2D eigenvalue weighted by Crippen LogP contribution is -2.45. The van der Waals surface area contributed by atoms with Crippen molar-refractivity contribution in [1.29, 1.82) is 0 Å². The molecule has 1 atom stereocenters. The third-order valence-electron chi connectivity index (χ3n) is 5.10. The minimum Gasteiger partial charge on any atom is -0.384 e. The van der Waals surface area contributed by atoms with Gasteiger partial charge in [-0.15, -0.1) is 0 Å². The molecular formula is C17H29N5O3. The topological polar surface area (TPSA) is 74.9 Å². The third-order valence-corrected chi connectivity index (χ3v) is 5.10. The molecule has 0 spiro atoms. The van der Waals surface area contributed by atoms with Gasteiger partial charge in [0.1, 0.15) is 0 Å². The van der Waals surface area contributed by atoms with Crippen LogP contribution >= 0.6 is 0 Å². The summed E-state index contributed by atoms with van der Waals surface area (Å²) in [6.07, 6.45) is 3.75. The van der Waals surface area contributed by atoms with Crippen molar-refractivity contribution >= 4 is 5.91 Å². The highest BCUT2D eigenvalue weighted by atomic mass is 16.5. The monoisotopic (exact) mass is 351 g/mol. The van der Waals surface area contributed by atoms with E-state index in [2.05, 4.69) is 27.0 Å². The molecule has 2 fully saturated rings. The van der Waals surface area contributed by atoms with Gasteiger partial charge in [-0.25, -0.2) is 0 Å². The lowest BCUT2D eigenvalue weighted by Gasteiger charge is -2.27. The van der Waals surface area contributed by atoms with Crippen LogP contribution in [0.15, 0.2) is 4.52 Å². The number of nitrogens with zero attached hydrogens (tertiary/aromatic N) is 5. The first kappa shape index (κ1) is 18.3. The molecule has 0 N–H and O–H groups in total. The molecule has 0 aliphatic carbocycles. The van der Waals surface area contributed by atoms with Gasteiger partial charge in [-0.3, -0.25) is 14.6 Å². The Morgan fingerprint density at radius 3 is 2.88 bits per heavy atom. The molecule has 2 saturated heterocycles. The van der Waals surface area contributed by atoms with E-state index in [1.165, 1.54) is 0 Å². The summed E-state index contributed by atoms with van der Waals surface area (Å²) in [7, 11) is 3.71. The van der Waals surface area contributed by atoms with Gasteiger partial charge in [0.15, 0.2) is 5.82 Å². The van der Waals surface area contributed by atoms with Crippen LogP contribution in [0.1, 0.15) is 31.0 Å². The van der Waals surface area contributed by atoms with E-state index in [0.29, 0.717) is 37.2 Å². The Morgan fingerprint density at radius 2 is 2.12 bits per heavy atom. The van der Waals surface area contributed by atoms with Crippen LogP contribution in [0.2, 0.25) is 0 Å². The van der Waals surface area contributed by atoms with Crippen LogP contribution in [0.4, 0.5) is 0 Å². The minimum absolute atomic E-state index is 0.0748. The van der Waals surface area contributed by atoms with Crippen LogP contribution in [0, 0.1) is 0 Å². The molecule has 1 aromatic heterocycles. The molecule has 3 rings (SSSR count). The quantitative estimate of drug-likeness (QED) is 0.734. The zero-order valence-electron chi connectivity index (χ0n) is 15.3. The van der Waals surface area contributed by atoms with Crippen molar-refractivity contribution in [1.82, 2.24) is 24.8 Å². The lowest BCUT2D eigenvalue weighted by atomic mass is 10.2. The number of ether oxygens (including phenoxy) is 1. The first-order valence-electron chi connectivity index (χ1n) is 9.19. The van der Waals surface area contributed by atoms with Gasteiger partial charge in [0.2, 0.25) is 11.8 Å². The van der Waals surface area contributed by atoms with Gasteiger partial charge in [0, 0.05) is 39.7 Å². The molecule has 25 heavy (non-hydrogen) atoms. The Hall–Kier alpha value is -1.51. The van der Waals surface area contributed by atoms with E-state index in [4.69, 9.17) is 9.26 Å². The molecule has 140 valence electrons. The highest BCUT2D eigenvalue weighted by molar-refractivity contribution is 5.82. The van der Waals surface area contributed by atoms with Crippen molar-refractivity contribution in [2.24, 2.45) is 0 Å². The maximum absolute atomic E-state index is 12.7. The summed E-state index contributed by atoms with van der Waals surface area (Å²) in [4.78, 5) is 23.7. The van der Waals surface area contributed by atoms with E-state index in [-0.39, 0.29) is 6.04 Å². The molecule has 1 amide bonds. The van der Waals surface area contributed by atoms with Gasteiger partial charge in [-0.05, 0) is 32.9 Å². The number of hydrogen-bond acceptors (Lipinski definition) is 7. The van der Waals surface area contributed by atoms with Crippen molar-refractivity contribution < 1.29 is 14.1 Å². The second-order valence-corrected chi connectivity index (χ2v) is 6.94. The van der Waals surface area contributed by atoms with Crippen molar-refractivity contribution in [2.45, 2.75) is 38.3 Å². The van der Waals surface area contributed by atoms with Crippen LogP contribution in [-0.2, 0) is 22.5 Å². The number of aromatic nitrogens is 2. The van der Waals surface area contributed by atoms with Crippen molar-refractivity contribution in [3.63, 3.8) is 0 Å². The Kier molecular flexibility index (Phi) is 6.39. The standard InChI is InChI=1S/C17H29N5O3/c1-20-7-3-5-14(20)17(23)22-9-4-8-21(10-11-22)13-16-18-15(19-25-16)6-12-24-2/h14H,3-13H2,1-2H3/t14-/m0/s1. The van der Waals surface area contributed by atoms with Crippen molar-refractivity contribution in [3.8, 4) is 0 Å². The fourth-order valence-electron chi connectivity index (χ4n) is 3.62. The van der Waals surface area contributed by atoms with E-state index in [1.807, 2.05) is 4.90 Å². The summed E-state index contributed by atoms with van der Waals surface area (Å²) in [5, 5.41) is 3.98. The second kappa shape index (κ2) is 8.73. The average Bonchev–Trinajstić information content (AvgIpc) is 3.16. The lowest BCUT2D eigenvalue weighted by molar-refractivity contribution is -0.135. The summed E-state index contributed by atoms with van der Waals surface area (Å²) in [6.45, 7) is 5.66. The molecule has 0 unspecified atom stereocenters. The molecule has 2 aliphatic heterocycles. The summed E-state index contributed by atoms with van der Waals surface area (Å²) < 4.78 is 10.4. The largest absolute Gasteiger partial charge is 0.384 e. The number of likely N-dealkylation sites (N-methyl/N-ethyl adjacent to an activating group) is 1. The van der Waals surface area contributed by atoms with Gasteiger partial charge < -0.3 is 14.2 Å². The summed E-state index contributed by atoms with van der Waals surface area (Å²) >= 11 is 0. The smallest absolute Gasteiger partial charge is 0.240 e. The first-order valence-corrected chi connectivity index (χ1v) is 9.19. The number of methoxy groups -OCH3 is 1. The van der Waals surface area contributed by atoms with E-state index in [0.717, 1.165) is 52.0 Å². The molecule has 0 saturated carbocycles. The van der Waals surface area contributed by atoms with Gasteiger partial charge in [0.05, 0.1) is 19.2 Å². The molecule has 3 heterocycles. The predicted octanol–water partition coefficient (Wildman–Crippen LogP) is 0.387. The summed E-state index contributed by atoms with van der Waals surface area (Å²) in [5.74, 6) is 1.62. The number of carbonyl (C=O) groups is 1. The van der Waals surface area contributed by atoms with Crippen LogP contribution in [0.25, 0.3) is 0 Å². The Balaban J connectivity index is 1.49. The molecule has 0 aromatic carbocycles. The highest BCUT2D eigenvalue weighted by Crippen LogP contribution is 2.18. The third kappa shape index (κ3) is 4.77. The maximum Gasteiger partial charge on any atom is 0.240 e. The highest BCUT2D eigenvalue weighted by Gasteiger charge is 2.32. The van der Waals surface area contributed by atoms with Gasteiger partial charge in [0.25, 0.3) is 0 Å². The average molecular weight is 351 g/mol. The number of likely N-dealkylation sites (tertiary alicyclic amines) is 1. The van der Waals surface area contributed by atoms with E-state index < -0.39 is 0 Å². The van der Waals surface area contributed by atoms with E-state index in [9.17, 15) is 4.79 Å². The Morgan fingerprint density at radius 1 is 1.24 bits per heavy atom. The van der Waals surface area contributed by atoms with E-state index >= 15 is 0 Å². The molecule has 8 nitrogen and oxygen atoms in total. The number of amides is 1. The van der Waals surface area contributed by atoms with Gasteiger partial charge in [-0.2, -0.15) is 4.98 Å². The second-order valence-electron chi connectivity index (χ2n) is 6.94. The van der Waals surface area contributed by atoms with Crippen molar-refractivity contribution in [2.75, 3.05) is 53.5 Å². The van der Waals surface area contributed by atoms with Gasteiger partial charge >= 0.3 is 0 Å². The summed E-state index contributed by atoms with van der Waals surface area (Å²) in [6, 6.07) is 0.0748. The molecule has 1 aromatic rings. The maximum atomic E-state index is 12.7. The molecule has 0 radical (unpaired) electrons. The number of hydrogen-bond donors (Lipinski definition) is 0. The van der Waals surface area contributed by atoms with Crippen molar-refractivity contribution in [3.05, 3.63) is 11.7 Å². The SMILES string of the molecule is COCCc1noc(CN2CCCN(C(=O)[C@@H]3CCCN3C)CC2)n1. The molecule has 0 bridgehead atoms. The minimum atomic E-state index is 0.0748. The van der Waals surface area contributed by atoms with Gasteiger partial charge in [-0.1, -0.05) is 5.16 Å². The van der Waals surface area contributed by atoms with Crippen LogP contribution in [-0.4, -0.2) is 90.3 Å².